The van der Waals surface area contributed by atoms with Gasteiger partial charge in [-0.15, -0.1) is 0 Å². The average Bonchev–Trinajstić information content (AvgIpc) is 2.73. The first-order valence-corrected chi connectivity index (χ1v) is 8.59. The third kappa shape index (κ3) is 5.67. The molecule has 5 nitrogen and oxygen atoms in total. The lowest BCUT2D eigenvalue weighted by Crippen LogP contribution is -2.20. The Labute approximate surface area is 161 Å². The molecule has 0 spiro atoms. The maximum atomic E-state index is 12.8. The Kier molecular flexibility index (Phi) is 6.36. The third-order valence-corrected chi connectivity index (χ3v) is 3.80. The molecule has 3 aromatic rings. The number of esters is 1. The minimum atomic E-state index is -0.695. The van der Waals surface area contributed by atoms with E-state index in [0.29, 0.717) is 18.0 Å². The highest BCUT2D eigenvalue weighted by atomic mass is 19.1. The number of carbonyl (C=O) groups excluding carboxylic acids is 2. The summed E-state index contributed by atoms with van der Waals surface area (Å²) in [5.74, 6) is -0.955. The quantitative estimate of drug-likeness (QED) is 0.625. The summed E-state index contributed by atoms with van der Waals surface area (Å²) in [4.78, 5) is 23.7. The first-order chi connectivity index (χ1) is 13.6. The van der Waals surface area contributed by atoms with Crippen molar-refractivity contribution in [1.82, 2.24) is 0 Å². The van der Waals surface area contributed by atoms with Gasteiger partial charge in [-0.05, 0) is 54.1 Å². The van der Waals surface area contributed by atoms with E-state index in [2.05, 4.69) is 5.32 Å². The molecule has 1 amide bonds. The maximum absolute atomic E-state index is 12.8. The summed E-state index contributed by atoms with van der Waals surface area (Å²) in [5, 5.41) is 2.63. The van der Waals surface area contributed by atoms with Gasteiger partial charge in [-0.2, -0.15) is 0 Å². The van der Waals surface area contributed by atoms with Gasteiger partial charge in [-0.3, -0.25) is 4.79 Å². The maximum Gasteiger partial charge on any atom is 0.338 e. The van der Waals surface area contributed by atoms with E-state index in [0.717, 1.165) is 17.7 Å². The van der Waals surface area contributed by atoms with E-state index >= 15 is 0 Å². The fourth-order valence-electron chi connectivity index (χ4n) is 2.37. The van der Waals surface area contributed by atoms with Crippen LogP contribution in [-0.2, 0) is 16.1 Å². The Hall–Kier alpha value is -3.67. The minimum Gasteiger partial charge on any atom is -0.489 e. The van der Waals surface area contributed by atoms with E-state index in [9.17, 15) is 14.0 Å². The first kappa shape index (κ1) is 19.1. The summed E-state index contributed by atoms with van der Waals surface area (Å²) in [6.45, 7) is 0.00829. The lowest BCUT2D eigenvalue weighted by molar-refractivity contribution is -0.119. The van der Waals surface area contributed by atoms with Crippen LogP contribution in [0.2, 0.25) is 0 Å². The summed E-state index contributed by atoms with van der Waals surface area (Å²) in [6.07, 6.45) is 0. The van der Waals surface area contributed by atoms with Gasteiger partial charge < -0.3 is 14.8 Å². The van der Waals surface area contributed by atoms with Crippen LogP contribution in [0, 0.1) is 5.82 Å². The number of rotatable bonds is 7. The first-order valence-electron chi connectivity index (χ1n) is 8.59. The largest absolute Gasteiger partial charge is 0.489 e. The van der Waals surface area contributed by atoms with Gasteiger partial charge in [0.05, 0.1) is 5.56 Å². The predicted octanol–water partition coefficient (Wildman–Crippen LogP) is 4.20. The molecule has 0 saturated heterocycles. The number of ether oxygens (including phenoxy) is 2. The van der Waals surface area contributed by atoms with Crippen LogP contribution in [0.15, 0.2) is 78.9 Å². The zero-order valence-electron chi connectivity index (χ0n) is 14.9. The molecule has 0 aliphatic carbocycles. The second kappa shape index (κ2) is 9.32. The van der Waals surface area contributed by atoms with Gasteiger partial charge in [0.2, 0.25) is 0 Å². The molecule has 6 heteroatoms. The van der Waals surface area contributed by atoms with Crippen molar-refractivity contribution < 1.29 is 23.5 Å². The Morgan fingerprint density at radius 1 is 0.857 bits per heavy atom. The molecule has 3 rings (SSSR count). The topological polar surface area (TPSA) is 64.6 Å². The molecule has 0 aromatic heterocycles. The molecule has 0 aliphatic rings. The van der Waals surface area contributed by atoms with Crippen molar-refractivity contribution in [1.29, 1.82) is 0 Å². The smallest absolute Gasteiger partial charge is 0.338 e. The van der Waals surface area contributed by atoms with E-state index < -0.39 is 24.3 Å². The molecule has 28 heavy (non-hydrogen) atoms. The van der Waals surface area contributed by atoms with E-state index in [-0.39, 0.29) is 5.56 Å². The fourth-order valence-corrected chi connectivity index (χ4v) is 2.37. The normalized spacial score (nSPS) is 10.2. The highest BCUT2D eigenvalue weighted by Crippen LogP contribution is 2.17. The standard InChI is InChI=1S/C22H18FNO4/c23-18-8-6-17(7-9-18)22(26)28-15-21(25)24-19-10-12-20(13-11-19)27-14-16-4-2-1-3-5-16/h1-13H,14-15H2,(H,24,25). The van der Waals surface area contributed by atoms with Crippen molar-refractivity contribution in [3.63, 3.8) is 0 Å². The number of halogens is 1. The van der Waals surface area contributed by atoms with Crippen molar-refractivity contribution in [2.45, 2.75) is 6.61 Å². The van der Waals surface area contributed by atoms with E-state index in [4.69, 9.17) is 9.47 Å². The Morgan fingerprint density at radius 3 is 2.21 bits per heavy atom. The van der Waals surface area contributed by atoms with Crippen molar-refractivity contribution in [2.24, 2.45) is 0 Å². The van der Waals surface area contributed by atoms with Crippen molar-refractivity contribution in [3.05, 3.63) is 95.8 Å². The monoisotopic (exact) mass is 379 g/mol. The molecular formula is C22H18FNO4. The number of anilines is 1. The van der Waals surface area contributed by atoms with Crippen LogP contribution in [-0.4, -0.2) is 18.5 Å². The summed E-state index contributed by atoms with van der Waals surface area (Å²) >= 11 is 0. The Bertz CT molecular complexity index is 925. The second-order valence-electron chi connectivity index (χ2n) is 5.93. The van der Waals surface area contributed by atoms with E-state index in [1.807, 2.05) is 30.3 Å². The number of carbonyl (C=O) groups is 2. The second-order valence-corrected chi connectivity index (χ2v) is 5.93. The van der Waals surface area contributed by atoms with Crippen LogP contribution >= 0.6 is 0 Å². The van der Waals surface area contributed by atoms with Crippen LogP contribution in [0.25, 0.3) is 0 Å². The third-order valence-electron chi connectivity index (χ3n) is 3.80. The number of benzene rings is 3. The summed E-state index contributed by atoms with van der Waals surface area (Å²) < 4.78 is 23.4. The van der Waals surface area contributed by atoms with Crippen molar-refractivity contribution in [3.8, 4) is 5.75 Å². The van der Waals surface area contributed by atoms with Gasteiger partial charge in [0.1, 0.15) is 18.2 Å². The van der Waals surface area contributed by atoms with Crippen molar-refractivity contribution in [2.75, 3.05) is 11.9 Å². The van der Waals surface area contributed by atoms with Crippen LogP contribution in [0.1, 0.15) is 15.9 Å². The Morgan fingerprint density at radius 2 is 1.54 bits per heavy atom. The summed E-state index contributed by atoms with van der Waals surface area (Å²) in [7, 11) is 0. The number of amides is 1. The number of nitrogens with one attached hydrogen (secondary N) is 1. The van der Waals surface area contributed by atoms with Gasteiger partial charge in [-0.1, -0.05) is 30.3 Å². The zero-order chi connectivity index (χ0) is 19.8. The molecule has 0 fully saturated rings. The summed E-state index contributed by atoms with van der Waals surface area (Å²) in [5.41, 5.74) is 1.78. The molecule has 0 radical (unpaired) electrons. The van der Waals surface area contributed by atoms with E-state index in [1.54, 1.807) is 24.3 Å². The zero-order valence-corrected chi connectivity index (χ0v) is 14.9. The molecule has 142 valence electrons. The lowest BCUT2D eigenvalue weighted by Gasteiger charge is -2.09. The Balaban J connectivity index is 1.45. The van der Waals surface area contributed by atoms with Gasteiger partial charge in [0.25, 0.3) is 5.91 Å². The minimum absolute atomic E-state index is 0.175. The number of hydrogen-bond donors (Lipinski definition) is 1. The lowest BCUT2D eigenvalue weighted by atomic mass is 10.2. The molecule has 0 atom stereocenters. The molecule has 0 unspecified atom stereocenters. The van der Waals surface area contributed by atoms with Crippen LogP contribution < -0.4 is 10.1 Å². The molecule has 0 heterocycles. The molecule has 0 saturated carbocycles. The molecule has 3 aromatic carbocycles. The van der Waals surface area contributed by atoms with Gasteiger partial charge in [0, 0.05) is 5.69 Å². The van der Waals surface area contributed by atoms with Crippen LogP contribution in [0.3, 0.4) is 0 Å². The van der Waals surface area contributed by atoms with E-state index in [1.165, 1.54) is 12.1 Å². The molecule has 1 N–H and O–H groups in total. The molecular weight excluding hydrogens is 361 g/mol. The highest BCUT2D eigenvalue weighted by molar-refractivity contribution is 5.95. The van der Waals surface area contributed by atoms with Crippen LogP contribution in [0.4, 0.5) is 10.1 Å². The van der Waals surface area contributed by atoms with Gasteiger partial charge in [0.15, 0.2) is 6.61 Å². The SMILES string of the molecule is O=C(COC(=O)c1ccc(F)cc1)Nc1ccc(OCc2ccccc2)cc1. The predicted molar refractivity (Wildman–Crippen MR) is 103 cm³/mol. The summed E-state index contributed by atoms with van der Waals surface area (Å²) in [6, 6.07) is 21.5. The van der Waals surface area contributed by atoms with Gasteiger partial charge in [-0.25, -0.2) is 9.18 Å². The number of hydrogen-bond acceptors (Lipinski definition) is 4. The molecule has 0 aliphatic heterocycles. The fraction of sp³-hybridized carbons (Fsp3) is 0.0909. The van der Waals surface area contributed by atoms with Gasteiger partial charge >= 0.3 is 5.97 Å². The average molecular weight is 379 g/mol. The highest BCUT2D eigenvalue weighted by Gasteiger charge is 2.10. The van der Waals surface area contributed by atoms with Crippen molar-refractivity contribution >= 4 is 17.6 Å². The molecule has 0 bridgehead atoms. The van der Waals surface area contributed by atoms with Crippen LogP contribution in [0.5, 0.6) is 5.75 Å².